The summed E-state index contributed by atoms with van der Waals surface area (Å²) in [6.45, 7) is 8.86. The van der Waals surface area contributed by atoms with Gasteiger partial charge in [0.25, 0.3) is 0 Å². The summed E-state index contributed by atoms with van der Waals surface area (Å²) >= 11 is 0. The summed E-state index contributed by atoms with van der Waals surface area (Å²) in [5, 5.41) is 11.4. The molecule has 3 nitrogen and oxygen atoms in total. The first kappa shape index (κ1) is 39.2. The topological polar surface area (TPSA) is 43.4 Å². The van der Waals surface area contributed by atoms with Crippen molar-refractivity contribution in [3.8, 4) is 0 Å². The quantitative estimate of drug-likeness (QED) is 0.0846. The molecule has 1 atom stereocenters. The van der Waals surface area contributed by atoms with Crippen molar-refractivity contribution in [1.29, 1.82) is 0 Å². The Morgan fingerprint density at radius 2 is 0.833 bits per heavy atom. The van der Waals surface area contributed by atoms with Crippen LogP contribution < -0.4 is 56.5 Å². The van der Waals surface area contributed by atoms with Gasteiger partial charge in [0.2, 0.25) is 0 Å². The minimum absolute atomic E-state index is 0. The molecule has 0 rings (SSSR count). The molecule has 0 bridgehead atoms. The molecule has 210 valence electrons. The van der Waals surface area contributed by atoms with Crippen molar-refractivity contribution in [2.24, 2.45) is 0 Å². The molecule has 0 spiro atoms. The Labute approximate surface area is 270 Å². The number of carbonyl (C=O) groups excluding carboxylic acids is 1. The zero-order valence-corrected chi connectivity index (χ0v) is 28.6. The van der Waals surface area contributed by atoms with Crippen LogP contribution in [0.2, 0.25) is 0 Å². The fourth-order valence-electron chi connectivity index (χ4n) is 5.37. The van der Waals surface area contributed by atoms with Crippen molar-refractivity contribution < 1.29 is 61.3 Å². The van der Waals surface area contributed by atoms with E-state index in [0.717, 1.165) is 25.9 Å². The molecule has 0 N–H and O–H groups in total. The molecule has 0 aliphatic rings. The summed E-state index contributed by atoms with van der Waals surface area (Å²) in [7, 11) is 0. The van der Waals surface area contributed by atoms with E-state index in [2.05, 4.69) is 25.7 Å². The Bertz CT molecular complexity index is 406. The third-order valence-electron chi connectivity index (χ3n) is 7.64. The Kier molecular flexibility index (Phi) is 35.2. The third kappa shape index (κ3) is 28.1. The molecule has 0 aliphatic heterocycles. The molecule has 0 saturated heterocycles. The molecule has 0 fully saturated rings. The first-order valence-corrected chi connectivity index (χ1v) is 16.1. The maximum atomic E-state index is 11.4. The van der Waals surface area contributed by atoms with Gasteiger partial charge in [-0.2, -0.15) is 0 Å². The predicted octanol–water partition coefficient (Wildman–Crippen LogP) is 6.22. The number of rotatable bonds is 29. The molecule has 0 saturated carbocycles. The summed E-state index contributed by atoms with van der Waals surface area (Å²) in [4.78, 5) is 13.9. The number of nitrogens with zero attached hydrogens (tertiary/aromatic N) is 1. The monoisotopic (exact) mass is 533 g/mol. The van der Waals surface area contributed by atoms with Gasteiger partial charge in [-0.3, -0.25) is 0 Å². The minimum atomic E-state index is -0.883. The van der Waals surface area contributed by atoms with Crippen molar-refractivity contribution in [2.75, 3.05) is 13.1 Å². The molecule has 36 heavy (non-hydrogen) atoms. The Morgan fingerprint density at radius 3 is 1.11 bits per heavy atom. The van der Waals surface area contributed by atoms with Gasteiger partial charge in [-0.25, -0.2) is 0 Å². The molecule has 0 aromatic heterocycles. The van der Waals surface area contributed by atoms with Crippen LogP contribution in [0.5, 0.6) is 0 Å². The Balaban J connectivity index is 0. The van der Waals surface area contributed by atoms with E-state index in [-0.39, 0.29) is 63.8 Å². The fraction of sp³-hybridized carbons (Fsp3) is 0.969. The molecular weight excluding hydrogens is 469 g/mol. The number of hydrogen-bond donors (Lipinski definition) is 0. The number of carboxylic acid groups (broad SMARTS) is 1. The standard InChI is InChI=1S/C32H65NO2.K/c1-4-7-9-11-13-15-17-19-21-23-25-28-33(31(27-6-3)30-32(34)35)29-26-24-22-20-18-16-14-12-10-8-5-2;/h31H,4-30H2,1-3H3,(H,34,35);/q;+1/p-1. The second kappa shape index (κ2) is 32.3. The van der Waals surface area contributed by atoms with E-state index in [1.807, 2.05) is 0 Å². The molecule has 0 aromatic rings. The van der Waals surface area contributed by atoms with Crippen LogP contribution in [0.3, 0.4) is 0 Å². The Morgan fingerprint density at radius 1 is 0.528 bits per heavy atom. The van der Waals surface area contributed by atoms with Gasteiger partial charge in [0.05, 0.1) is 0 Å². The zero-order chi connectivity index (χ0) is 25.8. The first-order chi connectivity index (χ1) is 17.2. The van der Waals surface area contributed by atoms with E-state index in [1.165, 1.54) is 141 Å². The van der Waals surface area contributed by atoms with Crippen LogP contribution in [-0.2, 0) is 4.79 Å². The first-order valence-electron chi connectivity index (χ1n) is 16.1. The van der Waals surface area contributed by atoms with Crippen LogP contribution in [0.15, 0.2) is 0 Å². The predicted molar refractivity (Wildman–Crippen MR) is 153 cm³/mol. The van der Waals surface area contributed by atoms with Crippen LogP contribution in [0, 0.1) is 0 Å². The SMILES string of the molecule is CCCCCCCCCCCCCN(CCCCCCCCCCCCC)C(CCC)CC(=O)[O-].[K+]. The van der Waals surface area contributed by atoms with Gasteiger partial charge in [-0.05, 0) is 32.4 Å². The average molecular weight is 534 g/mol. The van der Waals surface area contributed by atoms with Crippen molar-refractivity contribution in [3.63, 3.8) is 0 Å². The minimum Gasteiger partial charge on any atom is -0.550 e. The number of unbranched alkanes of at least 4 members (excludes halogenated alkanes) is 20. The van der Waals surface area contributed by atoms with Crippen LogP contribution >= 0.6 is 0 Å². The molecule has 0 heterocycles. The van der Waals surface area contributed by atoms with Gasteiger partial charge < -0.3 is 14.8 Å². The van der Waals surface area contributed by atoms with Crippen LogP contribution in [-0.4, -0.2) is 30.0 Å². The second-order valence-electron chi connectivity index (χ2n) is 11.1. The van der Waals surface area contributed by atoms with Crippen molar-refractivity contribution >= 4 is 5.97 Å². The average Bonchev–Trinajstić information content (AvgIpc) is 2.84. The zero-order valence-electron chi connectivity index (χ0n) is 25.4. The van der Waals surface area contributed by atoms with Gasteiger partial charge >= 0.3 is 51.4 Å². The fourth-order valence-corrected chi connectivity index (χ4v) is 5.37. The van der Waals surface area contributed by atoms with Gasteiger partial charge in [-0.1, -0.05) is 156 Å². The number of carboxylic acids is 1. The van der Waals surface area contributed by atoms with Crippen LogP contribution in [0.25, 0.3) is 0 Å². The van der Waals surface area contributed by atoms with Crippen LogP contribution in [0.4, 0.5) is 0 Å². The second-order valence-corrected chi connectivity index (χ2v) is 11.1. The van der Waals surface area contributed by atoms with Crippen LogP contribution in [0.1, 0.15) is 181 Å². The number of hydrogen-bond acceptors (Lipinski definition) is 3. The maximum absolute atomic E-state index is 11.4. The van der Waals surface area contributed by atoms with E-state index in [4.69, 9.17) is 0 Å². The summed E-state index contributed by atoms with van der Waals surface area (Å²) in [6.07, 6.45) is 32.1. The molecular formula is C32H64KNO2. The molecule has 1 unspecified atom stereocenters. The van der Waals surface area contributed by atoms with Crippen molar-refractivity contribution in [1.82, 2.24) is 4.90 Å². The molecule has 0 radical (unpaired) electrons. The van der Waals surface area contributed by atoms with E-state index < -0.39 is 5.97 Å². The third-order valence-corrected chi connectivity index (χ3v) is 7.64. The molecule has 0 amide bonds. The maximum Gasteiger partial charge on any atom is 1.00 e. The smallest absolute Gasteiger partial charge is 0.550 e. The van der Waals surface area contributed by atoms with Gasteiger partial charge in [0.1, 0.15) is 0 Å². The molecule has 4 heteroatoms. The summed E-state index contributed by atoms with van der Waals surface area (Å²) in [5.74, 6) is -0.883. The Hall–Kier alpha value is 1.07. The molecule has 0 aliphatic carbocycles. The van der Waals surface area contributed by atoms with E-state index in [0.29, 0.717) is 0 Å². The van der Waals surface area contributed by atoms with Gasteiger partial charge in [-0.15, -0.1) is 0 Å². The number of aliphatic carboxylic acids is 1. The van der Waals surface area contributed by atoms with Crippen molar-refractivity contribution in [3.05, 3.63) is 0 Å². The molecule has 0 aromatic carbocycles. The van der Waals surface area contributed by atoms with E-state index in [1.54, 1.807) is 0 Å². The summed E-state index contributed by atoms with van der Waals surface area (Å²) in [5.41, 5.74) is 0. The van der Waals surface area contributed by atoms with Gasteiger partial charge in [0, 0.05) is 18.4 Å². The van der Waals surface area contributed by atoms with E-state index >= 15 is 0 Å². The number of carbonyl (C=O) groups is 1. The van der Waals surface area contributed by atoms with E-state index in [9.17, 15) is 9.90 Å². The summed E-state index contributed by atoms with van der Waals surface area (Å²) < 4.78 is 0. The normalized spacial score (nSPS) is 12.1. The van der Waals surface area contributed by atoms with Crippen molar-refractivity contribution in [2.45, 2.75) is 187 Å². The largest absolute Gasteiger partial charge is 1.00 e. The van der Waals surface area contributed by atoms with Gasteiger partial charge in [0.15, 0.2) is 0 Å². The summed E-state index contributed by atoms with van der Waals surface area (Å²) in [6, 6.07) is 0.163.